The minimum atomic E-state index is -0.532. The molecule has 3 rings (SSSR count). The minimum Gasteiger partial charge on any atom is -0.364 e. The fourth-order valence-electron chi connectivity index (χ4n) is 3.29. The maximum Gasteiger partial charge on any atom is 0.269 e. The molecule has 2 unspecified atom stereocenters. The number of amides is 1. The Morgan fingerprint density at radius 3 is 2.85 bits per heavy atom. The second-order valence-corrected chi connectivity index (χ2v) is 5.69. The Bertz CT molecular complexity index is 469. The summed E-state index contributed by atoms with van der Waals surface area (Å²) in [4.78, 5) is 13.3. The number of piperidine rings is 1. The maximum atomic E-state index is 11.0. The van der Waals surface area contributed by atoms with Crippen molar-refractivity contribution >= 4 is 11.7 Å². The van der Waals surface area contributed by atoms with Crippen LogP contribution in [-0.2, 0) is 0 Å². The van der Waals surface area contributed by atoms with Gasteiger partial charge in [0, 0.05) is 19.1 Å². The van der Waals surface area contributed by atoms with Gasteiger partial charge in [-0.2, -0.15) is 0 Å². The minimum absolute atomic E-state index is 0.222. The van der Waals surface area contributed by atoms with Crippen molar-refractivity contribution < 1.29 is 4.79 Å². The highest BCUT2D eigenvalue weighted by atomic mass is 16.1. The maximum absolute atomic E-state index is 11.0. The Labute approximate surface area is 118 Å². The van der Waals surface area contributed by atoms with E-state index in [2.05, 4.69) is 20.4 Å². The number of nitrogens with one attached hydrogen (secondary N) is 1. The van der Waals surface area contributed by atoms with Crippen molar-refractivity contribution in [3.05, 3.63) is 17.8 Å². The largest absolute Gasteiger partial charge is 0.364 e. The number of rotatable bonds is 3. The number of nitrogens with two attached hydrogens (primary N) is 1. The number of primary amides is 1. The normalized spacial score (nSPS) is 26.7. The van der Waals surface area contributed by atoms with Crippen LogP contribution in [0, 0.1) is 5.92 Å². The van der Waals surface area contributed by atoms with Gasteiger partial charge in [-0.05, 0) is 50.3 Å². The van der Waals surface area contributed by atoms with Gasteiger partial charge in [-0.15, -0.1) is 10.2 Å². The third-order valence-electron chi connectivity index (χ3n) is 4.35. The first-order chi connectivity index (χ1) is 9.74. The van der Waals surface area contributed by atoms with Crippen LogP contribution in [-0.4, -0.2) is 41.8 Å². The van der Waals surface area contributed by atoms with E-state index in [0.29, 0.717) is 12.0 Å². The van der Waals surface area contributed by atoms with Crippen molar-refractivity contribution in [3.8, 4) is 0 Å². The Morgan fingerprint density at radius 2 is 2.20 bits per heavy atom. The first-order valence-corrected chi connectivity index (χ1v) is 7.36. The highest BCUT2D eigenvalue weighted by Crippen LogP contribution is 2.26. The standard InChI is InChI=1S/C14H21N5O/c15-14(20)12-5-6-13(18-17-12)19-8-2-3-10(9-19)11-4-1-7-16-11/h5-6,10-11,16H,1-4,7-9H2,(H2,15,20). The average Bonchev–Trinajstić information content (AvgIpc) is 3.02. The van der Waals surface area contributed by atoms with Crippen LogP contribution in [0.4, 0.5) is 5.82 Å². The number of aromatic nitrogens is 2. The molecule has 0 spiro atoms. The van der Waals surface area contributed by atoms with Gasteiger partial charge in [-0.25, -0.2) is 0 Å². The lowest BCUT2D eigenvalue weighted by Crippen LogP contribution is -2.43. The number of carbonyl (C=O) groups excluding carboxylic acids is 1. The highest BCUT2D eigenvalue weighted by Gasteiger charge is 2.29. The van der Waals surface area contributed by atoms with Crippen LogP contribution >= 0.6 is 0 Å². The van der Waals surface area contributed by atoms with Crippen LogP contribution in [0.2, 0.25) is 0 Å². The van der Waals surface area contributed by atoms with Crippen LogP contribution in [0.25, 0.3) is 0 Å². The number of carbonyl (C=O) groups is 1. The lowest BCUT2D eigenvalue weighted by molar-refractivity contribution is 0.0994. The number of nitrogens with zero attached hydrogens (tertiary/aromatic N) is 3. The van der Waals surface area contributed by atoms with Gasteiger partial charge >= 0.3 is 0 Å². The summed E-state index contributed by atoms with van der Waals surface area (Å²) < 4.78 is 0. The van der Waals surface area contributed by atoms with Crippen LogP contribution in [0.1, 0.15) is 36.2 Å². The molecule has 2 fully saturated rings. The van der Waals surface area contributed by atoms with E-state index in [-0.39, 0.29) is 5.69 Å². The summed E-state index contributed by atoms with van der Waals surface area (Å²) in [6.45, 7) is 3.17. The van der Waals surface area contributed by atoms with Crippen molar-refractivity contribution in [2.24, 2.45) is 11.7 Å². The van der Waals surface area contributed by atoms with Crippen LogP contribution in [0.5, 0.6) is 0 Å². The molecule has 2 aliphatic heterocycles. The lowest BCUT2D eigenvalue weighted by atomic mass is 9.90. The third kappa shape index (κ3) is 2.75. The summed E-state index contributed by atoms with van der Waals surface area (Å²) in [5.74, 6) is 0.997. The lowest BCUT2D eigenvalue weighted by Gasteiger charge is -2.36. The first-order valence-electron chi connectivity index (χ1n) is 7.36. The summed E-state index contributed by atoms with van der Waals surface area (Å²) in [6, 6.07) is 4.15. The second-order valence-electron chi connectivity index (χ2n) is 5.69. The molecule has 2 aliphatic rings. The summed E-state index contributed by atoms with van der Waals surface area (Å²) in [6.07, 6.45) is 5.03. The summed E-state index contributed by atoms with van der Waals surface area (Å²) >= 11 is 0. The van der Waals surface area contributed by atoms with Gasteiger partial charge < -0.3 is 16.0 Å². The Hall–Kier alpha value is -1.69. The molecule has 0 aromatic carbocycles. The highest BCUT2D eigenvalue weighted by molar-refractivity contribution is 5.90. The third-order valence-corrected chi connectivity index (χ3v) is 4.35. The van der Waals surface area contributed by atoms with E-state index >= 15 is 0 Å². The first kappa shape index (κ1) is 13.3. The molecule has 3 N–H and O–H groups in total. The van der Waals surface area contributed by atoms with Crippen LogP contribution < -0.4 is 16.0 Å². The van der Waals surface area contributed by atoms with Gasteiger partial charge in [0.25, 0.3) is 5.91 Å². The molecule has 6 nitrogen and oxygen atoms in total. The molecular formula is C14H21N5O. The molecular weight excluding hydrogens is 254 g/mol. The fraction of sp³-hybridized carbons (Fsp3) is 0.643. The van der Waals surface area contributed by atoms with Gasteiger partial charge in [-0.1, -0.05) is 0 Å². The topological polar surface area (TPSA) is 84.1 Å². The Morgan fingerprint density at radius 1 is 1.30 bits per heavy atom. The van der Waals surface area contributed by atoms with Gasteiger partial charge in [-0.3, -0.25) is 4.79 Å². The average molecular weight is 275 g/mol. The zero-order valence-electron chi connectivity index (χ0n) is 11.6. The van der Waals surface area contributed by atoms with E-state index in [0.717, 1.165) is 25.5 Å². The molecule has 1 aromatic rings. The quantitative estimate of drug-likeness (QED) is 0.841. The SMILES string of the molecule is NC(=O)c1ccc(N2CCCC(C3CCCN3)C2)nn1. The number of hydrogen-bond donors (Lipinski definition) is 2. The molecule has 0 radical (unpaired) electrons. The number of anilines is 1. The summed E-state index contributed by atoms with van der Waals surface area (Å²) in [7, 11) is 0. The molecule has 20 heavy (non-hydrogen) atoms. The van der Waals surface area contributed by atoms with Crippen molar-refractivity contribution in [2.45, 2.75) is 31.7 Å². The van der Waals surface area contributed by atoms with E-state index < -0.39 is 5.91 Å². The van der Waals surface area contributed by atoms with E-state index in [1.165, 1.54) is 25.7 Å². The van der Waals surface area contributed by atoms with Crippen molar-refractivity contribution in [1.29, 1.82) is 0 Å². The monoisotopic (exact) mass is 275 g/mol. The van der Waals surface area contributed by atoms with Gasteiger partial charge in [0.05, 0.1) is 0 Å². The van der Waals surface area contributed by atoms with E-state index in [1.807, 2.05) is 6.07 Å². The summed E-state index contributed by atoms with van der Waals surface area (Å²) in [5, 5.41) is 11.6. The molecule has 1 amide bonds. The number of hydrogen-bond acceptors (Lipinski definition) is 5. The van der Waals surface area contributed by atoms with E-state index in [4.69, 9.17) is 5.73 Å². The molecule has 108 valence electrons. The molecule has 2 saturated heterocycles. The predicted octanol–water partition coefficient (Wildman–Crippen LogP) is 0.544. The molecule has 0 aliphatic carbocycles. The molecule has 0 bridgehead atoms. The van der Waals surface area contributed by atoms with Gasteiger partial charge in [0.2, 0.25) is 0 Å². The fourth-order valence-corrected chi connectivity index (χ4v) is 3.29. The van der Waals surface area contributed by atoms with Crippen LogP contribution in [0.15, 0.2) is 12.1 Å². The van der Waals surface area contributed by atoms with Crippen molar-refractivity contribution in [3.63, 3.8) is 0 Å². The Kier molecular flexibility index (Phi) is 3.82. The van der Waals surface area contributed by atoms with Gasteiger partial charge in [0.15, 0.2) is 11.5 Å². The van der Waals surface area contributed by atoms with Crippen molar-refractivity contribution in [2.75, 3.05) is 24.5 Å². The molecule has 2 atom stereocenters. The molecule has 1 aromatic heterocycles. The zero-order valence-corrected chi connectivity index (χ0v) is 11.6. The second kappa shape index (κ2) is 5.75. The zero-order chi connectivity index (χ0) is 13.9. The van der Waals surface area contributed by atoms with E-state index in [9.17, 15) is 4.79 Å². The summed E-state index contributed by atoms with van der Waals surface area (Å²) in [5.41, 5.74) is 5.41. The molecule has 3 heterocycles. The van der Waals surface area contributed by atoms with E-state index in [1.54, 1.807) is 6.07 Å². The molecule has 6 heteroatoms. The molecule has 0 saturated carbocycles. The smallest absolute Gasteiger partial charge is 0.269 e. The van der Waals surface area contributed by atoms with Crippen molar-refractivity contribution in [1.82, 2.24) is 15.5 Å². The van der Waals surface area contributed by atoms with Gasteiger partial charge in [0.1, 0.15) is 0 Å². The van der Waals surface area contributed by atoms with Crippen LogP contribution in [0.3, 0.4) is 0 Å². The Balaban J connectivity index is 1.68. The predicted molar refractivity (Wildman–Crippen MR) is 76.5 cm³/mol.